The van der Waals surface area contributed by atoms with Crippen LogP contribution in [0.5, 0.6) is 0 Å². The largest absolute Gasteiger partial charge is 0.342 e. The normalized spacial score (nSPS) is 11.8. The van der Waals surface area contributed by atoms with Crippen LogP contribution in [0.1, 0.15) is 20.8 Å². The fraction of sp³-hybridized carbons (Fsp3) is 0.389. The van der Waals surface area contributed by atoms with Crippen molar-refractivity contribution < 1.29 is 13.2 Å². The lowest BCUT2D eigenvalue weighted by Gasteiger charge is -2.24. The second-order valence-electron chi connectivity index (χ2n) is 5.51. The van der Waals surface area contributed by atoms with E-state index in [0.29, 0.717) is 13.1 Å². The third-order valence-electron chi connectivity index (χ3n) is 4.14. The minimum Gasteiger partial charge on any atom is -0.342 e. The van der Waals surface area contributed by atoms with Gasteiger partial charge in [0.15, 0.2) is 0 Å². The second-order valence-corrected chi connectivity index (χ2v) is 7.44. The van der Waals surface area contributed by atoms with Crippen molar-refractivity contribution in [1.29, 1.82) is 0 Å². The van der Waals surface area contributed by atoms with Crippen molar-refractivity contribution in [1.82, 2.24) is 9.21 Å². The Morgan fingerprint density at radius 1 is 0.917 bits per heavy atom. The number of carbonyl (C=O) groups excluding carboxylic acids is 1. The van der Waals surface area contributed by atoms with E-state index in [1.807, 2.05) is 38.1 Å². The van der Waals surface area contributed by atoms with Gasteiger partial charge in [-0.2, -0.15) is 4.31 Å². The van der Waals surface area contributed by atoms with E-state index >= 15 is 0 Å². The summed E-state index contributed by atoms with van der Waals surface area (Å²) in [5.41, 5.74) is 0. The molecule has 5 nitrogen and oxygen atoms in total. The molecule has 24 heavy (non-hydrogen) atoms. The predicted octanol–water partition coefficient (Wildman–Crippen LogP) is 2.72. The van der Waals surface area contributed by atoms with E-state index in [9.17, 15) is 13.2 Å². The summed E-state index contributed by atoms with van der Waals surface area (Å²) in [6.07, 6.45) is 0. The number of hydrogen-bond acceptors (Lipinski definition) is 3. The van der Waals surface area contributed by atoms with Gasteiger partial charge in [-0.1, -0.05) is 37.3 Å². The van der Waals surface area contributed by atoms with Crippen LogP contribution in [-0.2, 0) is 14.8 Å². The molecule has 0 N–H and O–H groups in total. The zero-order valence-corrected chi connectivity index (χ0v) is 15.2. The molecule has 0 aliphatic rings. The first-order chi connectivity index (χ1) is 11.4. The molecule has 0 aromatic heterocycles. The number of likely N-dealkylation sites (N-methyl/N-ethyl adjacent to an activating group) is 2. The Kier molecular flexibility index (Phi) is 5.96. The Hall–Kier alpha value is -1.92. The number of sulfonamides is 1. The second kappa shape index (κ2) is 7.77. The maximum Gasteiger partial charge on any atom is 0.243 e. The van der Waals surface area contributed by atoms with E-state index < -0.39 is 10.0 Å². The van der Waals surface area contributed by atoms with Crippen LogP contribution in [0, 0.1) is 0 Å². The molecule has 0 atom stereocenters. The van der Waals surface area contributed by atoms with E-state index in [2.05, 4.69) is 0 Å². The van der Waals surface area contributed by atoms with Crippen LogP contribution in [0.3, 0.4) is 0 Å². The molecule has 0 saturated heterocycles. The quantitative estimate of drug-likeness (QED) is 0.773. The third kappa shape index (κ3) is 3.76. The molecule has 0 radical (unpaired) electrons. The highest BCUT2D eigenvalue weighted by atomic mass is 32.2. The summed E-state index contributed by atoms with van der Waals surface area (Å²) < 4.78 is 27.0. The zero-order valence-electron chi connectivity index (χ0n) is 14.4. The monoisotopic (exact) mass is 348 g/mol. The molecule has 1 amide bonds. The number of nitrogens with zero attached hydrogens (tertiary/aromatic N) is 2. The molecule has 0 aliphatic heterocycles. The number of benzene rings is 2. The molecule has 0 spiro atoms. The molecule has 0 bridgehead atoms. The van der Waals surface area contributed by atoms with Crippen molar-refractivity contribution in [2.45, 2.75) is 25.7 Å². The Morgan fingerprint density at radius 2 is 1.54 bits per heavy atom. The van der Waals surface area contributed by atoms with E-state index in [4.69, 9.17) is 0 Å². The molecule has 2 aromatic rings. The molecule has 0 saturated carbocycles. The Bertz CT molecular complexity index is 814. The molecule has 0 aliphatic carbocycles. The number of amides is 1. The molecular formula is C18H24N2O3S. The van der Waals surface area contributed by atoms with Crippen molar-refractivity contribution in [2.24, 2.45) is 0 Å². The van der Waals surface area contributed by atoms with E-state index in [0.717, 1.165) is 10.8 Å². The minimum absolute atomic E-state index is 0.132. The van der Waals surface area contributed by atoms with Crippen LogP contribution >= 0.6 is 0 Å². The average molecular weight is 348 g/mol. The van der Waals surface area contributed by atoms with Crippen molar-refractivity contribution in [2.75, 3.05) is 26.2 Å². The van der Waals surface area contributed by atoms with Gasteiger partial charge < -0.3 is 4.90 Å². The van der Waals surface area contributed by atoms with Gasteiger partial charge in [0.2, 0.25) is 15.9 Å². The summed E-state index contributed by atoms with van der Waals surface area (Å²) in [5.74, 6) is -0.175. The van der Waals surface area contributed by atoms with Gasteiger partial charge in [-0.3, -0.25) is 4.79 Å². The third-order valence-corrected chi connectivity index (χ3v) is 6.06. The van der Waals surface area contributed by atoms with Crippen LogP contribution in [0.25, 0.3) is 10.8 Å². The van der Waals surface area contributed by atoms with Gasteiger partial charge in [0.05, 0.1) is 11.4 Å². The number of carbonyl (C=O) groups is 1. The minimum atomic E-state index is -3.70. The Balaban J connectivity index is 2.32. The first-order valence-corrected chi connectivity index (χ1v) is 9.64. The molecule has 0 unspecified atom stereocenters. The molecule has 0 heterocycles. The van der Waals surface area contributed by atoms with Crippen LogP contribution in [0.15, 0.2) is 47.4 Å². The summed E-state index contributed by atoms with van der Waals surface area (Å²) >= 11 is 0. The summed E-state index contributed by atoms with van der Waals surface area (Å²) in [5, 5.41) is 1.85. The van der Waals surface area contributed by atoms with Gasteiger partial charge in [0.1, 0.15) is 0 Å². The SMILES string of the molecule is CCN(CC)C(=O)CN(CC)S(=O)(=O)c1ccc2ccccc2c1. The fourth-order valence-electron chi connectivity index (χ4n) is 2.67. The number of hydrogen-bond donors (Lipinski definition) is 0. The summed E-state index contributed by atoms with van der Waals surface area (Å²) in [4.78, 5) is 14.1. The molecule has 2 rings (SSSR count). The Labute approximate surface area is 143 Å². The standard InChI is InChI=1S/C18H24N2O3S/c1-4-19(5-2)18(21)14-20(6-3)24(22,23)17-12-11-15-9-7-8-10-16(15)13-17/h7-13H,4-6,14H2,1-3H3. The van der Waals surface area contributed by atoms with Gasteiger partial charge in [-0.25, -0.2) is 8.42 Å². The maximum atomic E-state index is 12.9. The van der Waals surface area contributed by atoms with Crippen LogP contribution in [-0.4, -0.2) is 49.7 Å². The Morgan fingerprint density at radius 3 is 2.12 bits per heavy atom. The molecule has 0 fully saturated rings. The van der Waals surface area contributed by atoms with Gasteiger partial charge in [0.25, 0.3) is 0 Å². The first-order valence-electron chi connectivity index (χ1n) is 8.20. The van der Waals surface area contributed by atoms with Crippen LogP contribution < -0.4 is 0 Å². The molecule has 2 aromatic carbocycles. The number of fused-ring (bicyclic) bond motifs is 1. The van der Waals surface area contributed by atoms with Crippen LogP contribution in [0.4, 0.5) is 0 Å². The fourth-order valence-corrected chi connectivity index (χ4v) is 4.11. The van der Waals surface area contributed by atoms with Gasteiger partial charge in [-0.15, -0.1) is 0 Å². The summed E-state index contributed by atoms with van der Waals surface area (Å²) in [6.45, 7) is 6.78. The zero-order chi connectivity index (χ0) is 17.7. The van der Waals surface area contributed by atoms with Gasteiger partial charge in [-0.05, 0) is 36.8 Å². The van der Waals surface area contributed by atoms with E-state index in [1.54, 1.807) is 30.0 Å². The topological polar surface area (TPSA) is 57.7 Å². The van der Waals surface area contributed by atoms with Crippen molar-refractivity contribution in [3.63, 3.8) is 0 Å². The van der Waals surface area contributed by atoms with Crippen LogP contribution in [0.2, 0.25) is 0 Å². The smallest absolute Gasteiger partial charge is 0.243 e. The predicted molar refractivity (Wildman–Crippen MR) is 96.3 cm³/mol. The van der Waals surface area contributed by atoms with Crippen molar-refractivity contribution >= 4 is 26.7 Å². The number of rotatable bonds is 7. The highest BCUT2D eigenvalue weighted by Crippen LogP contribution is 2.22. The summed E-state index contributed by atoms with van der Waals surface area (Å²) in [7, 11) is -3.70. The first kappa shape index (κ1) is 18.4. The lowest BCUT2D eigenvalue weighted by Crippen LogP contribution is -2.42. The van der Waals surface area contributed by atoms with Gasteiger partial charge in [0, 0.05) is 19.6 Å². The average Bonchev–Trinajstić information content (AvgIpc) is 2.60. The highest BCUT2D eigenvalue weighted by molar-refractivity contribution is 7.89. The lowest BCUT2D eigenvalue weighted by molar-refractivity contribution is -0.131. The summed E-state index contributed by atoms with van der Waals surface area (Å²) in [6, 6.07) is 12.7. The maximum absolute atomic E-state index is 12.9. The molecular weight excluding hydrogens is 324 g/mol. The van der Waals surface area contributed by atoms with E-state index in [1.165, 1.54) is 4.31 Å². The van der Waals surface area contributed by atoms with Crippen molar-refractivity contribution in [3.8, 4) is 0 Å². The van der Waals surface area contributed by atoms with Gasteiger partial charge >= 0.3 is 0 Å². The molecule has 130 valence electrons. The highest BCUT2D eigenvalue weighted by Gasteiger charge is 2.26. The van der Waals surface area contributed by atoms with E-state index in [-0.39, 0.29) is 23.9 Å². The van der Waals surface area contributed by atoms with Crippen molar-refractivity contribution in [3.05, 3.63) is 42.5 Å². The molecule has 6 heteroatoms. The lowest BCUT2D eigenvalue weighted by atomic mass is 10.1.